The van der Waals surface area contributed by atoms with Gasteiger partial charge in [-0.3, -0.25) is 9.59 Å². The molecule has 24 heavy (non-hydrogen) atoms. The summed E-state index contributed by atoms with van der Waals surface area (Å²) in [6.07, 6.45) is 3.32. The molecule has 5 nitrogen and oxygen atoms in total. The van der Waals surface area contributed by atoms with Gasteiger partial charge in [0.25, 0.3) is 0 Å². The summed E-state index contributed by atoms with van der Waals surface area (Å²) in [5, 5.41) is 0. The van der Waals surface area contributed by atoms with Crippen molar-refractivity contribution in [3.63, 3.8) is 0 Å². The summed E-state index contributed by atoms with van der Waals surface area (Å²) in [6, 6.07) is 9.86. The Morgan fingerprint density at radius 3 is 2.83 bits per heavy atom. The largest absolute Gasteiger partial charge is 0.463 e. The number of esters is 1. The van der Waals surface area contributed by atoms with Crippen LogP contribution in [0.1, 0.15) is 19.4 Å². The van der Waals surface area contributed by atoms with E-state index in [-0.39, 0.29) is 24.1 Å². The summed E-state index contributed by atoms with van der Waals surface area (Å²) in [7, 11) is 0. The number of hydrogen-bond donors (Lipinski definition) is 0. The number of benzene rings is 1. The Kier molecular flexibility index (Phi) is 3.49. The lowest BCUT2D eigenvalue weighted by molar-refractivity contribution is -0.157. The van der Waals surface area contributed by atoms with E-state index in [1.165, 1.54) is 0 Å². The molecule has 1 aromatic carbocycles. The smallest absolute Gasteiger partial charge is 0.313 e. The van der Waals surface area contributed by atoms with E-state index in [4.69, 9.17) is 9.47 Å². The molecule has 1 amide bonds. The number of carbonyl (C=O) groups excluding carboxylic acids is 2. The van der Waals surface area contributed by atoms with Crippen LogP contribution < -0.4 is 0 Å². The standard InChI is InChI=1S/C19H21NO4/c1-12(2)23-18(22)15-14-8-9-19(24-14)11-20(17(21)16(15)19)10-13-6-4-3-5-7-13/h3-9,12,14-16H,10-11H2,1-2H3/t14-,15-,16+,19+/m1/s1. The SMILES string of the molecule is CC(C)OC(=O)[C@H]1[C@H]2C(=O)N(Cc3ccccc3)C[C@@]23C=C[C@H]1O3. The number of amides is 1. The number of carbonyl (C=O) groups is 2. The van der Waals surface area contributed by atoms with Crippen molar-refractivity contribution < 1.29 is 19.1 Å². The molecule has 2 bridgehead atoms. The van der Waals surface area contributed by atoms with E-state index in [1.807, 2.05) is 56.3 Å². The zero-order valence-electron chi connectivity index (χ0n) is 13.8. The molecule has 1 aromatic rings. The lowest BCUT2D eigenvalue weighted by Crippen LogP contribution is -2.40. The van der Waals surface area contributed by atoms with Gasteiger partial charge in [-0.15, -0.1) is 0 Å². The van der Waals surface area contributed by atoms with Gasteiger partial charge in [-0.1, -0.05) is 42.5 Å². The maximum Gasteiger partial charge on any atom is 0.313 e. The van der Waals surface area contributed by atoms with Gasteiger partial charge in [0.2, 0.25) is 5.91 Å². The van der Waals surface area contributed by atoms with Gasteiger partial charge in [-0.25, -0.2) is 0 Å². The number of fused-ring (bicyclic) bond motifs is 1. The van der Waals surface area contributed by atoms with Gasteiger partial charge in [0.1, 0.15) is 11.5 Å². The zero-order valence-corrected chi connectivity index (χ0v) is 13.8. The maximum absolute atomic E-state index is 13.0. The van der Waals surface area contributed by atoms with Crippen LogP contribution in [0.25, 0.3) is 0 Å². The van der Waals surface area contributed by atoms with Crippen molar-refractivity contribution in [3.8, 4) is 0 Å². The molecule has 0 aromatic heterocycles. The number of rotatable bonds is 4. The summed E-state index contributed by atoms with van der Waals surface area (Å²) in [4.78, 5) is 27.3. The van der Waals surface area contributed by atoms with Crippen LogP contribution in [0.5, 0.6) is 0 Å². The Morgan fingerprint density at radius 2 is 2.12 bits per heavy atom. The van der Waals surface area contributed by atoms with E-state index in [0.29, 0.717) is 13.1 Å². The van der Waals surface area contributed by atoms with Gasteiger partial charge in [0.15, 0.2) is 0 Å². The molecule has 5 heteroatoms. The first kappa shape index (κ1) is 15.4. The Hall–Kier alpha value is -2.14. The highest BCUT2D eigenvalue weighted by Gasteiger charge is 2.67. The van der Waals surface area contributed by atoms with E-state index in [0.717, 1.165) is 5.56 Å². The first-order chi connectivity index (χ1) is 11.5. The van der Waals surface area contributed by atoms with Crippen LogP contribution in [0.4, 0.5) is 0 Å². The number of nitrogens with zero attached hydrogens (tertiary/aromatic N) is 1. The van der Waals surface area contributed by atoms with Crippen LogP contribution >= 0.6 is 0 Å². The minimum absolute atomic E-state index is 0.0172. The van der Waals surface area contributed by atoms with Gasteiger partial charge in [-0.05, 0) is 19.4 Å². The predicted octanol–water partition coefficient (Wildman–Crippen LogP) is 1.92. The molecular formula is C19H21NO4. The Morgan fingerprint density at radius 1 is 1.38 bits per heavy atom. The van der Waals surface area contributed by atoms with Crippen molar-refractivity contribution >= 4 is 11.9 Å². The minimum Gasteiger partial charge on any atom is -0.463 e. The van der Waals surface area contributed by atoms with Crippen molar-refractivity contribution in [3.05, 3.63) is 48.0 Å². The molecule has 1 spiro atoms. The van der Waals surface area contributed by atoms with Crippen LogP contribution in [0.2, 0.25) is 0 Å². The van der Waals surface area contributed by atoms with Crippen molar-refractivity contribution in [1.82, 2.24) is 4.90 Å². The summed E-state index contributed by atoms with van der Waals surface area (Å²) >= 11 is 0. The second-order valence-corrected chi connectivity index (χ2v) is 7.07. The van der Waals surface area contributed by atoms with Gasteiger partial charge < -0.3 is 14.4 Å². The summed E-state index contributed by atoms with van der Waals surface area (Å²) in [5.74, 6) is -1.36. The highest BCUT2D eigenvalue weighted by Crippen LogP contribution is 2.52. The number of hydrogen-bond acceptors (Lipinski definition) is 4. The fraction of sp³-hybridized carbons (Fsp3) is 0.474. The van der Waals surface area contributed by atoms with E-state index < -0.39 is 17.4 Å². The van der Waals surface area contributed by atoms with Crippen LogP contribution in [-0.2, 0) is 25.6 Å². The molecule has 0 radical (unpaired) electrons. The third-order valence-corrected chi connectivity index (χ3v) is 5.02. The predicted molar refractivity (Wildman–Crippen MR) is 86.8 cm³/mol. The monoisotopic (exact) mass is 327 g/mol. The fourth-order valence-electron chi connectivity index (χ4n) is 4.10. The van der Waals surface area contributed by atoms with Crippen LogP contribution in [0.15, 0.2) is 42.5 Å². The number of ether oxygens (including phenoxy) is 2. The van der Waals surface area contributed by atoms with E-state index >= 15 is 0 Å². The quantitative estimate of drug-likeness (QED) is 0.626. The molecule has 3 aliphatic heterocycles. The van der Waals surface area contributed by atoms with Crippen molar-refractivity contribution in [2.45, 2.75) is 38.2 Å². The molecule has 0 unspecified atom stereocenters. The molecule has 3 aliphatic rings. The van der Waals surface area contributed by atoms with E-state index in [2.05, 4.69) is 0 Å². The van der Waals surface area contributed by atoms with Gasteiger partial charge >= 0.3 is 5.97 Å². The van der Waals surface area contributed by atoms with Crippen LogP contribution in [0, 0.1) is 11.8 Å². The topological polar surface area (TPSA) is 55.8 Å². The molecule has 4 rings (SSSR count). The average Bonchev–Trinajstić information content (AvgIpc) is 3.16. The summed E-state index contributed by atoms with van der Waals surface area (Å²) in [5.41, 5.74) is 0.402. The Balaban J connectivity index is 1.58. The van der Waals surface area contributed by atoms with E-state index in [1.54, 1.807) is 4.90 Å². The average molecular weight is 327 g/mol. The van der Waals surface area contributed by atoms with Gasteiger partial charge in [0.05, 0.1) is 24.7 Å². The zero-order chi connectivity index (χ0) is 16.9. The van der Waals surface area contributed by atoms with Crippen LogP contribution in [-0.4, -0.2) is 41.1 Å². The first-order valence-corrected chi connectivity index (χ1v) is 8.40. The molecule has 4 atom stereocenters. The first-order valence-electron chi connectivity index (χ1n) is 8.40. The Labute approximate surface area is 141 Å². The lowest BCUT2D eigenvalue weighted by Gasteiger charge is -2.23. The molecule has 2 saturated heterocycles. The van der Waals surface area contributed by atoms with Crippen molar-refractivity contribution in [2.75, 3.05) is 6.54 Å². The molecular weight excluding hydrogens is 306 g/mol. The molecule has 3 heterocycles. The maximum atomic E-state index is 13.0. The third kappa shape index (κ3) is 2.26. The normalized spacial score (nSPS) is 33.4. The molecule has 0 aliphatic carbocycles. The summed E-state index contributed by atoms with van der Waals surface area (Å²) < 4.78 is 11.4. The second-order valence-electron chi connectivity index (χ2n) is 7.07. The molecule has 0 saturated carbocycles. The van der Waals surface area contributed by atoms with Crippen molar-refractivity contribution in [2.24, 2.45) is 11.8 Å². The number of likely N-dealkylation sites (tertiary alicyclic amines) is 1. The highest BCUT2D eigenvalue weighted by atomic mass is 16.6. The fourth-order valence-corrected chi connectivity index (χ4v) is 4.10. The lowest BCUT2D eigenvalue weighted by atomic mass is 9.77. The molecule has 0 N–H and O–H groups in total. The molecule has 2 fully saturated rings. The van der Waals surface area contributed by atoms with E-state index in [9.17, 15) is 9.59 Å². The van der Waals surface area contributed by atoms with Crippen molar-refractivity contribution in [1.29, 1.82) is 0 Å². The second kappa shape index (κ2) is 5.45. The minimum atomic E-state index is -0.669. The molecule has 126 valence electrons. The van der Waals surface area contributed by atoms with Gasteiger partial charge in [-0.2, -0.15) is 0 Å². The highest BCUT2D eigenvalue weighted by molar-refractivity contribution is 5.91. The van der Waals surface area contributed by atoms with Gasteiger partial charge in [0, 0.05) is 6.54 Å². The third-order valence-electron chi connectivity index (χ3n) is 5.02. The summed E-state index contributed by atoms with van der Waals surface area (Å²) in [6.45, 7) is 4.65. The van der Waals surface area contributed by atoms with Crippen LogP contribution in [0.3, 0.4) is 0 Å². The Bertz CT molecular complexity index is 699.